The Morgan fingerprint density at radius 3 is 2.61 bits per heavy atom. The van der Waals surface area contributed by atoms with Crippen LogP contribution < -0.4 is 5.32 Å². The molecule has 2 heterocycles. The molecule has 1 aromatic carbocycles. The van der Waals surface area contributed by atoms with Crippen LogP contribution in [0, 0.1) is 6.92 Å². The predicted molar refractivity (Wildman–Crippen MR) is 82.6 cm³/mol. The van der Waals surface area contributed by atoms with Gasteiger partial charge in [-0.05, 0) is 36.8 Å². The first-order chi connectivity index (χ1) is 10.9. The second-order valence-corrected chi connectivity index (χ2v) is 5.57. The monoisotopic (exact) mass is 336 g/mol. The lowest BCUT2D eigenvalue weighted by atomic mass is 10.1. The molecule has 0 fully saturated rings. The van der Waals surface area contributed by atoms with E-state index in [2.05, 4.69) is 20.3 Å². The van der Waals surface area contributed by atoms with Crippen molar-refractivity contribution in [1.82, 2.24) is 15.0 Å². The molecule has 0 radical (unpaired) electrons. The fourth-order valence-corrected chi connectivity index (χ4v) is 2.59. The van der Waals surface area contributed by atoms with E-state index in [1.807, 2.05) is 5.38 Å². The van der Waals surface area contributed by atoms with E-state index in [0.717, 1.165) is 12.1 Å². The molecule has 0 saturated heterocycles. The first-order valence-corrected chi connectivity index (χ1v) is 7.53. The Kier molecular flexibility index (Phi) is 3.99. The lowest BCUT2D eigenvalue weighted by molar-refractivity contribution is -0.137. The highest BCUT2D eigenvalue weighted by molar-refractivity contribution is 7.07. The molecule has 0 bridgehead atoms. The summed E-state index contributed by atoms with van der Waals surface area (Å²) in [5.74, 6) is 0.217. The van der Waals surface area contributed by atoms with Crippen LogP contribution >= 0.6 is 11.3 Å². The molecular formula is C15H11F3N4S. The number of alkyl halides is 3. The Hall–Kier alpha value is -2.48. The number of aromatic nitrogens is 3. The number of nitrogens with zero attached hydrogens (tertiary/aromatic N) is 3. The Morgan fingerprint density at radius 1 is 1.09 bits per heavy atom. The first-order valence-electron chi connectivity index (χ1n) is 6.59. The Bertz CT molecular complexity index is 816. The molecule has 23 heavy (non-hydrogen) atoms. The van der Waals surface area contributed by atoms with E-state index in [1.165, 1.54) is 17.5 Å². The lowest BCUT2D eigenvalue weighted by Crippen LogP contribution is -2.06. The first kappa shape index (κ1) is 15.4. The minimum Gasteiger partial charge on any atom is -0.324 e. The molecule has 0 aliphatic heterocycles. The fourth-order valence-electron chi connectivity index (χ4n) is 2.05. The Labute approximate surface area is 134 Å². The number of rotatable bonds is 3. The number of anilines is 2. The zero-order chi connectivity index (χ0) is 16.4. The molecular weight excluding hydrogens is 325 g/mol. The third kappa shape index (κ3) is 3.65. The van der Waals surface area contributed by atoms with Crippen molar-refractivity contribution in [2.45, 2.75) is 13.1 Å². The van der Waals surface area contributed by atoms with Crippen molar-refractivity contribution in [3.8, 4) is 11.4 Å². The second-order valence-electron chi connectivity index (χ2n) is 4.85. The summed E-state index contributed by atoms with van der Waals surface area (Å²) in [4.78, 5) is 12.5. The van der Waals surface area contributed by atoms with Crippen molar-refractivity contribution < 1.29 is 13.2 Å². The van der Waals surface area contributed by atoms with Crippen molar-refractivity contribution in [2.24, 2.45) is 0 Å². The smallest absolute Gasteiger partial charge is 0.324 e. The van der Waals surface area contributed by atoms with Crippen LogP contribution in [0.5, 0.6) is 0 Å². The van der Waals surface area contributed by atoms with Gasteiger partial charge in [-0.1, -0.05) is 0 Å². The Morgan fingerprint density at radius 2 is 1.91 bits per heavy atom. The van der Waals surface area contributed by atoms with Gasteiger partial charge in [0.05, 0.1) is 22.5 Å². The van der Waals surface area contributed by atoms with Crippen molar-refractivity contribution >= 4 is 23.0 Å². The molecule has 4 nitrogen and oxygen atoms in total. The number of nitrogens with one attached hydrogen (secondary N) is 1. The maximum atomic E-state index is 12.9. The Balaban J connectivity index is 1.91. The summed E-state index contributed by atoms with van der Waals surface area (Å²) in [5.41, 5.74) is 3.05. The van der Waals surface area contributed by atoms with Gasteiger partial charge in [-0.3, -0.25) is 0 Å². The number of halogens is 3. The van der Waals surface area contributed by atoms with Gasteiger partial charge in [-0.25, -0.2) is 15.0 Å². The van der Waals surface area contributed by atoms with E-state index in [0.29, 0.717) is 17.0 Å². The third-order valence-corrected chi connectivity index (χ3v) is 3.60. The quantitative estimate of drug-likeness (QED) is 0.755. The van der Waals surface area contributed by atoms with Crippen LogP contribution in [0.1, 0.15) is 11.1 Å². The average Bonchev–Trinajstić information content (AvgIpc) is 3.00. The van der Waals surface area contributed by atoms with Gasteiger partial charge in [0.1, 0.15) is 0 Å². The largest absolute Gasteiger partial charge is 0.416 e. The van der Waals surface area contributed by atoms with Crippen LogP contribution in [0.4, 0.5) is 24.8 Å². The van der Waals surface area contributed by atoms with Crippen LogP contribution in [-0.2, 0) is 6.18 Å². The molecule has 1 N–H and O–H groups in total. The summed E-state index contributed by atoms with van der Waals surface area (Å²) in [6.45, 7) is 1.60. The molecule has 0 aliphatic carbocycles. The van der Waals surface area contributed by atoms with Gasteiger partial charge < -0.3 is 5.32 Å². The summed E-state index contributed by atoms with van der Waals surface area (Å²) >= 11 is 1.43. The molecule has 0 atom stereocenters. The van der Waals surface area contributed by atoms with Crippen LogP contribution in [0.25, 0.3) is 11.4 Å². The van der Waals surface area contributed by atoms with Gasteiger partial charge in [-0.2, -0.15) is 13.2 Å². The molecule has 0 spiro atoms. The summed E-state index contributed by atoms with van der Waals surface area (Å²) in [6.07, 6.45) is -2.86. The van der Waals surface area contributed by atoms with Crippen molar-refractivity contribution in [3.05, 3.63) is 52.5 Å². The van der Waals surface area contributed by atoms with Crippen molar-refractivity contribution in [3.63, 3.8) is 0 Å². The molecule has 0 amide bonds. The molecule has 3 aromatic rings. The molecule has 8 heteroatoms. The molecule has 3 rings (SSSR count). The highest BCUT2D eigenvalue weighted by atomic mass is 32.1. The van der Waals surface area contributed by atoms with E-state index in [1.54, 1.807) is 24.6 Å². The molecule has 0 unspecified atom stereocenters. The second kappa shape index (κ2) is 5.96. The van der Waals surface area contributed by atoms with Crippen LogP contribution in [-0.4, -0.2) is 15.0 Å². The van der Waals surface area contributed by atoms with Crippen LogP contribution in [0.3, 0.4) is 0 Å². The normalized spacial score (nSPS) is 11.5. The number of aryl methyl sites for hydroxylation is 1. The summed E-state index contributed by atoms with van der Waals surface area (Å²) in [7, 11) is 0. The van der Waals surface area contributed by atoms with Crippen molar-refractivity contribution in [2.75, 3.05) is 5.32 Å². The summed E-state index contributed by atoms with van der Waals surface area (Å²) < 4.78 is 38.6. The summed E-state index contributed by atoms with van der Waals surface area (Å²) in [5, 5.41) is 4.65. The topological polar surface area (TPSA) is 50.7 Å². The van der Waals surface area contributed by atoms with Crippen molar-refractivity contribution in [1.29, 1.82) is 0 Å². The van der Waals surface area contributed by atoms with Crippen LogP contribution in [0.15, 0.2) is 41.4 Å². The summed E-state index contributed by atoms with van der Waals surface area (Å²) in [6, 6.07) is 5.43. The number of hydrogen-bond donors (Lipinski definition) is 1. The minimum absolute atomic E-state index is 0.217. The van der Waals surface area contributed by atoms with E-state index < -0.39 is 11.7 Å². The maximum Gasteiger partial charge on any atom is 0.416 e. The van der Waals surface area contributed by atoms with Gasteiger partial charge in [0.2, 0.25) is 5.95 Å². The highest BCUT2D eigenvalue weighted by Gasteiger charge is 2.30. The number of hydrogen-bond acceptors (Lipinski definition) is 5. The molecule has 118 valence electrons. The fraction of sp³-hybridized carbons (Fsp3) is 0.133. The number of thiazole rings is 1. The van der Waals surface area contributed by atoms with Gasteiger partial charge in [-0.15, -0.1) is 11.3 Å². The molecule has 2 aromatic heterocycles. The van der Waals surface area contributed by atoms with Crippen LogP contribution in [0.2, 0.25) is 0 Å². The SMILES string of the molecule is Cc1cc(Nc2nccc(-c3cscn3)n2)cc(C(F)(F)F)c1. The molecule has 0 saturated carbocycles. The minimum atomic E-state index is -4.40. The zero-order valence-corrected chi connectivity index (χ0v) is 12.7. The van der Waals surface area contributed by atoms with E-state index >= 15 is 0 Å². The lowest BCUT2D eigenvalue weighted by Gasteiger charge is -2.11. The zero-order valence-electron chi connectivity index (χ0n) is 11.9. The van der Waals surface area contributed by atoms with E-state index in [9.17, 15) is 13.2 Å². The van der Waals surface area contributed by atoms with Gasteiger partial charge >= 0.3 is 6.18 Å². The van der Waals surface area contributed by atoms with E-state index in [-0.39, 0.29) is 11.6 Å². The van der Waals surface area contributed by atoms with Gasteiger partial charge in [0, 0.05) is 17.3 Å². The van der Waals surface area contributed by atoms with E-state index in [4.69, 9.17) is 0 Å². The van der Waals surface area contributed by atoms with Gasteiger partial charge in [0.25, 0.3) is 0 Å². The average molecular weight is 336 g/mol. The molecule has 0 aliphatic rings. The van der Waals surface area contributed by atoms with Gasteiger partial charge in [0.15, 0.2) is 0 Å². The third-order valence-electron chi connectivity index (χ3n) is 3.01. The highest BCUT2D eigenvalue weighted by Crippen LogP contribution is 2.32. The maximum absolute atomic E-state index is 12.9. The standard InChI is InChI=1S/C15H11F3N4S/c1-9-4-10(15(16,17)18)6-11(5-9)21-14-19-3-2-12(22-14)13-7-23-8-20-13/h2-8H,1H3,(H,19,21,22). The predicted octanol–water partition coefficient (Wildman–Crippen LogP) is 4.67. The number of benzene rings is 1.